The van der Waals surface area contributed by atoms with E-state index in [1.54, 1.807) is 7.11 Å². The highest BCUT2D eigenvalue weighted by atomic mass is 16.5. The fourth-order valence-electron chi connectivity index (χ4n) is 2.24. The van der Waals surface area contributed by atoms with Crippen molar-refractivity contribution in [1.29, 1.82) is 0 Å². The molecule has 2 heteroatoms. The molecule has 1 unspecified atom stereocenters. The van der Waals surface area contributed by atoms with Crippen LogP contribution in [0.3, 0.4) is 0 Å². The van der Waals surface area contributed by atoms with Crippen molar-refractivity contribution in [1.82, 2.24) is 0 Å². The lowest BCUT2D eigenvalue weighted by atomic mass is 9.89. The van der Waals surface area contributed by atoms with Crippen LogP contribution in [0.5, 0.6) is 0 Å². The third kappa shape index (κ3) is 3.53. The van der Waals surface area contributed by atoms with Crippen molar-refractivity contribution in [2.24, 2.45) is 10.9 Å². The third-order valence-corrected chi connectivity index (χ3v) is 3.15. The molecule has 1 aliphatic heterocycles. The molecule has 0 radical (unpaired) electrons. The first kappa shape index (κ1) is 12.1. The van der Waals surface area contributed by atoms with Gasteiger partial charge in [-0.15, -0.1) is 0 Å². The first-order chi connectivity index (χ1) is 8.40. The number of methoxy groups -OCH3 is 1. The molecule has 0 saturated heterocycles. The minimum absolute atomic E-state index is 0.555. The van der Waals surface area contributed by atoms with E-state index in [0.29, 0.717) is 12.5 Å². The zero-order chi connectivity index (χ0) is 11.9. The van der Waals surface area contributed by atoms with E-state index in [1.807, 2.05) is 12.4 Å². The van der Waals surface area contributed by atoms with Crippen molar-refractivity contribution < 1.29 is 4.74 Å². The van der Waals surface area contributed by atoms with Crippen molar-refractivity contribution >= 4 is 6.21 Å². The number of rotatable bonds is 4. The maximum absolute atomic E-state index is 5.26. The standard InChI is InChI=1S/C15H19NO/c1-17-12-15-11-16-9-5-8-14(15)10-13-6-3-2-4-7-13/h2-4,6-7,9,11,14H,5,8,10,12H2,1H3. The lowest BCUT2D eigenvalue weighted by Gasteiger charge is -2.18. The van der Waals surface area contributed by atoms with Crippen LogP contribution in [-0.4, -0.2) is 19.9 Å². The van der Waals surface area contributed by atoms with E-state index in [1.165, 1.54) is 11.1 Å². The Hall–Kier alpha value is -1.41. The van der Waals surface area contributed by atoms with Gasteiger partial charge in [-0.05, 0) is 36.3 Å². The van der Waals surface area contributed by atoms with E-state index < -0.39 is 0 Å². The Bertz CT molecular complexity index is 395. The topological polar surface area (TPSA) is 21.6 Å². The second kappa shape index (κ2) is 6.36. The molecule has 0 spiro atoms. The number of nitrogens with zero attached hydrogens (tertiary/aromatic N) is 1. The zero-order valence-corrected chi connectivity index (χ0v) is 10.3. The first-order valence-corrected chi connectivity index (χ1v) is 6.13. The van der Waals surface area contributed by atoms with Crippen LogP contribution in [-0.2, 0) is 11.2 Å². The Kier molecular flexibility index (Phi) is 4.51. The van der Waals surface area contributed by atoms with Crippen LogP contribution in [0.4, 0.5) is 0 Å². The molecule has 1 atom stereocenters. The van der Waals surface area contributed by atoms with Gasteiger partial charge in [0.2, 0.25) is 0 Å². The van der Waals surface area contributed by atoms with Crippen molar-refractivity contribution in [3.8, 4) is 0 Å². The summed E-state index contributed by atoms with van der Waals surface area (Å²) in [4.78, 5) is 4.30. The largest absolute Gasteiger partial charge is 0.380 e. The van der Waals surface area contributed by atoms with Gasteiger partial charge in [-0.3, -0.25) is 4.99 Å². The summed E-state index contributed by atoms with van der Waals surface area (Å²) in [6, 6.07) is 10.6. The van der Waals surface area contributed by atoms with Gasteiger partial charge < -0.3 is 4.74 Å². The van der Waals surface area contributed by atoms with Crippen LogP contribution in [0, 0.1) is 5.92 Å². The summed E-state index contributed by atoms with van der Waals surface area (Å²) in [5, 5.41) is 0. The molecule has 0 bridgehead atoms. The lowest BCUT2D eigenvalue weighted by Crippen LogP contribution is -2.11. The molecule has 0 fully saturated rings. The Labute approximate surface area is 103 Å². The first-order valence-electron chi connectivity index (χ1n) is 6.13. The Morgan fingerprint density at radius 3 is 2.88 bits per heavy atom. The van der Waals surface area contributed by atoms with Gasteiger partial charge in [0, 0.05) is 19.5 Å². The highest BCUT2D eigenvalue weighted by molar-refractivity contribution is 5.59. The molecule has 2 nitrogen and oxygen atoms in total. The second-order valence-corrected chi connectivity index (χ2v) is 4.43. The van der Waals surface area contributed by atoms with Crippen molar-refractivity contribution in [3.05, 3.63) is 47.7 Å². The molecule has 0 saturated carbocycles. The van der Waals surface area contributed by atoms with Crippen molar-refractivity contribution in [3.63, 3.8) is 0 Å². The Balaban J connectivity index is 2.07. The summed E-state index contributed by atoms with van der Waals surface area (Å²) in [5.41, 5.74) is 2.70. The van der Waals surface area contributed by atoms with Crippen LogP contribution >= 0.6 is 0 Å². The van der Waals surface area contributed by atoms with Crippen LogP contribution in [0.25, 0.3) is 0 Å². The quantitative estimate of drug-likeness (QED) is 0.776. The van der Waals surface area contributed by atoms with Crippen LogP contribution in [0.1, 0.15) is 18.4 Å². The molecule has 0 aromatic heterocycles. The molecule has 1 heterocycles. The Morgan fingerprint density at radius 2 is 2.12 bits per heavy atom. The van der Waals surface area contributed by atoms with Gasteiger partial charge in [0.15, 0.2) is 0 Å². The van der Waals surface area contributed by atoms with E-state index in [0.717, 1.165) is 19.3 Å². The predicted octanol–water partition coefficient (Wildman–Crippen LogP) is 3.24. The fraction of sp³-hybridized carbons (Fsp3) is 0.400. The zero-order valence-electron chi connectivity index (χ0n) is 10.3. The minimum atomic E-state index is 0.555. The van der Waals surface area contributed by atoms with Crippen LogP contribution < -0.4 is 0 Å². The number of aliphatic imine (C=N–C) groups is 1. The summed E-state index contributed by atoms with van der Waals surface area (Å²) in [5.74, 6) is 0.555. The molecule has 1 aromatic carbocycles. The van der Waals surface area contributed by atoms with Gasteiger partial charge in [0.1, 0.15) is 0 Å². The highest BCUT2D eigenvalue weighted by Crippen LogP contribution is 2.24. The molecular formula is C15H19NO. The van der Waals surface area contributed by atoms with E-state index in [-0.39, 0.29) is 0 Å². The van der Waals surface area contributed by atoms with Gasteiger partial charge in [0.05, 0.1) is 6.61 Å². The normalized spacial score (nSPS) is 19.8. The monoisotopic (exact) mass is 229 g/mol. The van der Waals surface area contributed by atoms with Crippen molar-refractivity contribution in [2.45, 2.75) is 19.3 Å². The fourth-order valence-corrected chi connectivity index (χ4v) is 2.24. The van der Waals surface area contributed by atoms with Crippen molar-refractivity contribution in [2.75, 3.05) is 13.7 Å². The van der Waals surface area contributed by atoms with Gasteiger partial charge in [-0.2, -0.15) is 0 Å². The van der Waals surface area contributed by atoms with Gasteiger partial charge in [-0.25, -0.2) is 0 Å². The summed E-state index contributed by atoms with van der Waals surface area (Å²) in [6.07, 6.45) is 7.28. The molecule has 0 N–H and O–H groups in total. The molecule has 90 valence electrons. The average Bonchev–Trinajstić information content (AvgIpc) is 2.57. The molecule has 1 aliphatic rings. The SMILES string of the molecule is COCC1=CN=CCCC1Cc1ccccc1. The minimum Gasteiger partial charge on any atom is -0.380 e. The van der Waals surface area contributed by atoms with E-state index in [2.05, 4.69) is 35.3 Å². The van der Waals surface area contributed by atoms with Crippen LogP contribution in [0.15, 0.2) is 47.1 Å². The van der Waals surface area contributed by atoms with Gasteiger partial charge in [-0.1, -0.05) is 30.3 Å². The smallest absolute Gasteiger partial charge is 0.0693 e. The molecule has 17 heavy (non-hydrogen) atoms. The number of hydrogen-bond donors (Lipinski definition) is 0. The number of hydrogen-bond acceptors (Lipinski definition) is 2. The molecule has 1 aromatic rings. The van der Waals surface area contributed by atoms with E-state index >= 15 is 0 Å². The summed E-state index contributed by atoms with van der Waals surface area (Å²) >= 11 is 0. The lowest BCUT2D eigenvalue weighted by molar-refractivity contribution is 0.214. The molecule has 2 rings (SSSR count). The van der Waals surface area contributed by atoms with Gasteiger partial charge in [0.25, 0.3) is 0 Å². The third-order valence-electron chi connectivity index (χ3n) is 3.15. The van der Waals surface area contributed by atoms with Crippen LogP contribution in [0.2, 0.25) is 0 Å². The van der Waals surface area contributed by atoms with Gasteiger partial charge >= 0.3 is 0 Å². The highest BCUT2D eigenvalue weighted by Gasteiger charge is 2.16. The van der Waals surface area contributed by atoms with E-state index in [4.69, 9.17) is 4.74 Å². The summed E-state index contributed by atoms with van der Waals surface area (Å²) < 4.78 is 5.26. The molecular weight excluding hydrogens is 210 g/mol. The average molecular weight is 229 g/mol. The molecule has 0 aliphatic carbocycles. The Morgan fingerprint density at radius 1 is 1.29 bits per heavy atom. The number of benzene rings is 1. The van der Waals surface area contributed by atoms with E-state index in [9.17, 15) is 0 Å². The second-order valence-electron chi connectivity index (χ2n) is 4.43. The maximum atomic E-state index is 5.26. The maximum Gasteiger partial charge on any atom is 0.0693 e. The number of ether oxygens (including phenoxy) is 1. The predicted molar refractivity (Wildman–Crippen MR) is 71.3 cm³/mol. The summed E-state index contributed by atoms with van der Waals surface area (Å²) in [7, 11) is 1.75. The molecule has 0 amide bonds. The summed E-state index contributed by atoms with van der Waals surface area (Å²) in [6.45, 7) is 0.689.